The lowest BCUT2D eigenvalue weighted by Crippen LogP contribution is -2.39. The Kier molecular flexibility index (Phi) is 2.71. The molecule has 17 heavy (non-hydrogen) atoms. The Hall–Kier alpha value is -0.870. The Morgan fingerprint density at radius 3 is 2.00 bits per heavy atom. The van der Waals surface area contributed by atoms with Gasteiger partial charge < -0.3 is 5.32 Å². The summed E-state index contributed by atoms with van der Waals surface area (Å²) >= 11 is 0. The summed E-state index contributed by atoms with van der Waals surface area (Å²) in [6.45, 7) is 2.13. The molecule has 0 saturated carbocycles. The number of sulfone groups is 1. The second-order valence-electron chi connectivity index (χ2n) is 5.12. The van der Waals surface area contributed by atoms with E-state index in [2.05, 4.69) is 29.6 Å². The lowest BCUT2D eigenvalue weighted by atomic mass is 9.90. The van der Waals surface area contributed by atoms with Crippen LogP contribution in [0.15, 0.2) is 24.3 Å². The van der Waals surface area contributed by atoms with Crippen LogP contribution < -0.4 is 5.32 Å². The highest BCUT2D eigenvalue weighted by Crippen LogP contribution is 2.30. The van der Waals surface area contributed by atoms with Gasteiger partial charge in [0.2, 0.25) is 0 Å². The van der Waals surface area contributed by atoms with Gasteiger partial charge in [-0.05, 0) is 23.5 Å². The first-order valence-corrected chi connectivity index (χ1v) is 7.97. The zero-order valence-corrected chi connectivity index (χ0v) is 10.5. The van der Waals surface area contributed by atoms with Gasteiger partial charge in [-0.2, -0.15) is 0 Å². The first-order valence-electron chi connectivity index (χ1n) is 6.15. The van der Waals surface area contributed by atoms with Gasteiger partial charge in [0.05, 0.1) is 11.5 Å². The van der Waals surface area contributed by atoms with E-state index >= 15 is 0 Å². The quantitative estimate of drug-likeness (QED) is 0.861. The molecule has 1 unspecified atom stereocenters. The topological polar surface area (TPSA) is 46.2 Å². The van der Waals surface area contributed by atoms with Crippen LogP contribution in [0.4, 0.5) is 0 Å². The van der Waals surface area contributed by atoms with Crippen molar-refractivity contribution < 1.29 is 8.42 Å². The molecule has 1 aromatic rings. The highest BCUT2D eigenvalue weighted by molar-refractivity contribution is 7.91. The summed E-state index contributed by atoms with van der Waals surface area (Å²) in [5, 5.41) is 3.26. The highest BCUT2D eigenvalue weighted by Gasteiger charge is 2.29. The molecule has 0 spiro atoms. The second-order valence-corrected chi connectivity index (χ2v) is 7.35. The molecule has 92 valence electrons. The van der Waals surface area contributed by atoms with Crippen molar-refractivity contribution in [1.29, 1.82) is 0 Å². The zero-order valence-electron chi connectivity index (χ0n) is 9.72. The van der Waals surface area contributed by atoms with Crippen molar-refractivity contribution in [3.8, 4) is 0 Å². The lowest BCUT2D eigenvalue weighted by Gasteiger charge is -2.27. The second kappa shape index (κ2) is 4.10. The van der Waals surface area contributed by atoms with E-state index in [0.717, 1.165) is 19.5 Å². The Balaban J connectivity index is 1.76. The van der Waals surface area contributed by atoms with Crippen molar-refractivity contribution in [3.63, 3.8) is 0 Å². The average Bonchev–Trinajstić information content (AvgIpc) is 2.57. The molecule has 2 fully saturated rings. The van der Waals surface area contributed by atoms with Crippen molar-refractivity contribution in [2.45, 2.75) is 18.3 Å². The van der Waals surface area contributed by atoms with Crippen molar-refractivity contribution >= 4 is 9.84 Å². The van der Waals surface area contributed by atoms with Crippen molar-refractivity contribution in [3.05, 3.63) is 35.4 Å². The maximum absolute atomic E-state index is 11.4. The van der Waals surface area contributed by atoms with Crippen LogP contribution in [0, 0.1) is 0 Å². The lowest BCUT2D eigenvalue weighted by molar-refractivity contribution is 0.448. The number of hydrogen-bond donors (Lipinski definition) is 1. The maximum atomic E-state index is 11.4. The molecule has 0 aromatic heterocycles. The Morgan fingerprint density at radius 2 is 1.59 bits per heavy atom. The minimum Gasteiger partial charge on any atom is -0.315 e. The fraction of sp³-hybridized carbons (Fsp3) is 0.538. The zero-order chi connectivity index (χ0) is 11.9. The van der Waals surface area contributed by atoms with E-state index in [9.17, 15) is 8.42 Å². The minimum atomic E-state index is -2.77. The third-order valence-corrected chi connectivity index (χ3v) is 5.66. The monoisotopic (exact) mass is 251 g/mol. The average molecular weight is 251 g/mol. The van der Waals surface area contributed by atoms with E-state index in [1.807, 2.05) is 0 Å². The molecule has 4 heteroatoms. The van der Waals surface area contributed by atoms with E-state index < -0.39 is 9.84 Å². The molecule has 2 saturated heterocycles. The molecule has 2 aliphatic rings. The van der Waals surface area contributed by atoms with E-state index in [1.54, 1.807) is 0 Å². The summed E-state index contributed by atoms with van der Waals surface area (Å²) in [5.41, 5.74) is 2.55. The van der Waals surface area contributed by atoms with Crippen molar-refractivity contribution in [2.24, 2.45) is 0 Å². The number of benzene rings is 1. The molecular formula is C13H17NO2S. The normalized spacial score (nSPS) is 27.9. The molecule has 0 amide bonds. The molecule has 0 aliphatic carbocycles. The van der Waals surface area contributed by atoms with Crippen LogP contribution in [0.25, 0.3) is 0 Å². The molecule has 1 aromatic carbocycles. The maximum Gasteiger partial charge on any atom is 0.150 e. The van der Waals surface area contributed by atoms with Gasteiger partial charge in [-0.25, -0.2) is 8.42 Å². The van der Waals surface area contributed by atoms with Gasteiger partial charge in [-0.1, -0.05) is 24.3 Å². The van der Waals surface area contributed by atoms with Gasteiger partial charge in [-0.15, -0.1) is 0 Å². The van der Waals surface area contributed by atoms with Crippen molar-refractivity contribution in [1.82, 2.24) is 5.32 Å². The fourth-order valence-electron chi connectivity index (χ4n) is 2.62. The first-order chi connectivity index (χ1) is 8.14. The van der Waals surface area contributed by atoms with Crippen LogP contribution in [-0.4, -0.2) is 33.0 Å². The smallest absolute Gasteiger partial charge is 0.150 e. The van der Waals surface area contributed by atoms with Gasteiger partial charge in [0.15, 0.2) is 9.84 Å². The SMILES string of the molecule is O=S1(=O)CCC(c2ccc(C3CNC3)cc2)C1. The third-order valence-electron chi connectivity index (χ3n) is 3.89. The van der Waals surface area contributed by atoms with Gasteiger partial charge in [0.1, 0.15) is 0 Å². The Morgan fingerprint density at radius 1 is 1.00 bits per heavy atom. The number of nitrogens with one attached hydrogen (secondary N) is 1. The summed E-state index contributed by atoms with van der Waals surface area (Å²) < 4.78 is 22.9. The summed E-state index contributed by atoms with van der Waals surface area (Å²) in [6.07, 6.45) is 0.784. The highest BCUT2D eigenvalue weighted by atomic mass is 32.2. The third kappa shape index (κ3) is 2.24. The van der Waals surface area contributed by atoms with Crippen LogP contribution in [0.5, 0.6) is 0 Å². The predicted octanol–water partition coefficient (Wildman–Crippen LogP) is 1.28. The molecule has 2 heterocycles. The molecule has 0 radical (unpaired) electrons. The van der Waals surface area contributed by atoms with E-state index in [-0.39, 0.29) is 5.92 Å². The molecule has 3 rings (SSSR count). The van der Waals surface area contributed by atoms with Gasteiger partial charge in [0, 0.05) is 19.0 Å². The number of rotatable bonds is 2. The molecule has 1 N–H and O–H groups in total. The number of hydrogen-bond acceptors (Lipinski definition) is 3. The molecule has 3 nitrogen and oxygen atoms in total. The first kappa shape index (κ1) is 11.2. The van der Waals surface area contributed by atoms with Crippen LogP contribution >= 0.6 is 0 Å². The van der Waals surface area contributed by atoms with Crippen LogP contribution in [-0.2, 0) is 9.84 Å². The summed E-state index contributed by atoms with van der Waals surface area (Å²) in [4.78, 5) is 0. The molecular weight excluding hydrogens is 234 g/mol. The van der Waals surface area contributed by atoms with Crippen molar-refractivity contribution in [2.75, 3.05) is 24.6 Å². The van der Waals surface area contributed by atoms with Gasteiger partial charge in [0.25, 0.3) is 0 Å². The van der Waals surface area contributed by atoms with E-state index in [1.165, 1.54) is 11.1 Å². The fourth-order valence-corrected chi connectivity index (χ4v) is 4.41. The van der Waals surface area contributed by atoms with Gasteiger partial charge >= 0.3 is 0 Å². The standard InChI is InChI=1S/C13H17NO2S/c15-17(16)6-5-12(9-17)10-1-3-11(4-2-10)13-7-14-8-13/h1-4,12-14H,5-9H2. The minimum absolute atomic E-state index is 0.216. The van der Waals surface area contributed by atoms with Gasteiger partial charge in [-0.3, -0.25) is 0 Å². The Labute approximate surface area is 102 Å². The predicted molar refractivity (Wildman–Crippen MR) is 68.1 cm³/mol. The van der Waals surface area contributed by atoms with Crippen LogP contribution in [0.3, 0.4) is 0 Å². The summed E-state index contributed by atoms with van der Waals surface area (Å²) in [7, 11) is -2.77. The largest absolute Gasteiger partial charge is 0.315 e. The molecule has 2 aliphatic heterocycles. The van der Waals surface area contributed by atoms with E-state index in [4.69, 9.17) is 0 Å². The van der Waals surface area contributed by atoms with Crippen LogP contribution in [0.2, 0.25) is 0 Å². The Bertz CT molecular complexity index is 503. The summed E-state index contributed by atoms with van der Waals surface area (Å²) in [6, 6.07) is 8.54. The molecule has 1 atom stereocenters. The summed E-state index contributed by atoms with van der Waals surface area (Å²) in [5.74, 6) is 1.55. The van der Waals surface area contributed by atoms with Crippen LogP contribution in [0.1, 0.15) is 29.4 Å². The molecule has 0 bridgehead atoms. The van der Waals surface area contributed by atoms with E-state index in [0.29, 0.717) is 17.4 Å².